The summed E-state index contributed by atoms with van der Waals surface area (Å²) in [6.45, 7) is 6.42. The molecule has 1 unspecified atom stereocenters. The Balaban J connectivity index is 1.87. The van der Waals surface area contributed by atoms with Crippen molar-refractivity contribution in [3.63, 3.8) is 0 Å². The van der Waals surface area contributed by atoms with Crippen LogP contribution in [-0.2, 0) is 4.79 Å². The van der Waals surface area contributed by atoms with Gasteiger partial charge in [-0.1, -0.05) is 71.6 Å². The number of hydrogen-bond donors (Lipinski definition) is 0. The van der Waals surface area contributed by atoms with Crippen molar-refractivity contribution in [2.45, 2.75) is 90.9 Å². The molecule has 1 heterocycles. The second kappa shape index (κ2) is 11.2. The van der Waals surface area contributed by atoms with Crippen LogP contribution < -0.4 is 0 Å². The molecule has 1 fully saturated rings. The Morgan fingerprint density at radius 2 is 1.45 bits per heavy atom. The third kappa shape index (κ3) is 6.76. The van der Waals surface area contributed by atoms with Gasteiger partial charge in [0.15, 0.2) is 0 Å². The summed E-state index contributed by atoms with van der Waals surface area (Å²) < 4.78 is 0. The monoisotopic (exact) mass is 281 g/mol. The van der Waals surface area contributed by atoms with E-state index < -0.39 is 0 Å². The van der Waals surface area contributed by atoms with E-state index >= 15 is 0 Å². The Hall–Kier alpha value is -0.530. The molecule has 1 aliphatic rings. The van der Waals surface area contributed by atoms with Crippen LogP contribution in [0.1, 0.15) is 90.9 Å². The summed E-state index contributed by atoms with van der Waals surface area (Å²) in [6.07, 6.45) is 15.8. The molecule has 1 amide bonds. The molecule has 118 valence electrons. The lowest BCUT2D eigenvalue weighted by Crippen LogP contribution is -2.28. The number of rotatable bonds is 12. The molecule has 0 aliphatic carbocycles. The summed E-state index contributed by atoms with van der Waals surface area (Å²) in [4.78, 5) is 14.1. The van der Waals surface area contributed by atoms with Crippen molar-refractivity contribution in [2.24, 2.45) is 5.92 Å². The maximum Gasteiger partial charge on any atom is 0.225 e. The Labute approximate surface area is 126 Å². The standard InChI is InChI=1S/C18H35NO/c1-3-5-6-7-8-9-10-11-12-13-15-19-16-14-17(4-2)18(19)20/h17H,3-16H2,1-2H3. The second-order valence-corrected chi connectivity index (χ2v) is 6.40. The van der Waals surface area contributed by atoms with E-state index in [0.29, 0.717) is 11.8 Å². The lowest BCUT2D eigenvalue weighted by atomic mass is 10.1. The van der Waals surface area contributed by atoms with Gasteiger partial charge in [-0.15, -0.1) is 0 Å². The molecule has 1 rings (SSSR count). The molecule has 2 heteroatoms. The van der Waals surface area contributed by atoms with E-state index in [-0.39, 0.29) is 0 Å². The van der Waals surface area contributed by atoms with Crippen molar-refractivity contribution in [1.29, 1.82) is 0 Å². The van der Waals surface area contributed by atoms with Gasteiger partial charge in [0, 0.05) is 19.0 Å². The molecule has 0 saturated carbocycles. The highest BCUT2D eigenvalue weighted by atomic mass is 16.2. The molecule has 0 bridgehead atoms. The highest BCUT2D eigenvalue weighted by Crippen LogP contribution is 2.21. The topological polar surface area (TPSA) is 20.3 Å². The second-order valence-electron chi connectivity index (χ2n) is 6.40. The van der Waals surface area contributed by atoms with Gasteiger partial charge in [0.25, 0.3) is 0 Å². The molecular weight excluding hydrogens is 246 g/mol. The van der Waals surface area contributed by atoms with Crippen LogP contribution >= 0.6 is 0 Å². The van der Waals surface area contributed by atoms with Crippen LogP contribution in [0.25, 0.3) is 0 Å². The minimum atomic E-state index is 0.332. The van der Waals surface area contributed by atoms with Gasteiger partial charge >= 0.3 is 0 Å². The Bertz CT molecular complexity index is 252. The first-order chi connectivity index (χ1) is 9.79. The average Bonchev–Trinajstić information content (AvgIpc) is 2.81. The van der Waals surface area contributed by atoms with Gasteiger partial charge in [0.2, 0.25) is 5.91 Å². The van der Waals surface area contributed by atoms with E-state index in [1.807, 2.05) is 0 Å². The number of carbonyl (C=O) groups excluding carboxylic acids is 1. The average molecular weight is 281 g/mol. The highest BCUT2D eigenvalue weighted by Gasteiger charge is 2.29. The molecule has 0 spiro atoms. The molecule has 1 atom stereocenters. The van der Waals surface area contributed by atoms with E-state index in [9.17, 15) is 4.79 Å². The van der Waals surface area contributed by atoms with Crippen molar-refractivity contribution in [3.05, 3.63) is 0 Å². The van der Waals surface area contributed by atoms with E-state index in [4.69, 9.17) is 0 Å². The Kier molecular flexibility index (Phi) is 9.78. The lowest BCUT2D eigenvalue weighted by molar-refractivity contribution is -0.131. The molecule has 0 aromatic heterocycles. The summed E-state index contributed by atoms with van der Waals surface area (Å²) in [5.74, 6) is 0.751. The SMILES string of the molecule is CCCCCCCCCCCCN1CCC(CC)C1=O. The summed E-state index contributed by atoms with van der Waals surface area (Å²) >= 11 is 0. The third-order valence-electron chi connectivity index (χ3n) is 4.68. The van der Waals surface area contributed by atoms with E-state index in [0.717, 1.165) is 25.9 Å². The first-order valence-corrected chi connectivity index (χ1v) is 9.08. The van der Waals surface area contributed by atoms with Gasteiger partial charge in [-0.05, 0) is 19.3 Å². The first-order valence-electron chi connectivity index (χ1n) is 9.08. The zero-order chi connectivity index (χ0) is 14.6. The minimum Gasteiger partial charge on any atom is -0.342 e. The molecule has 20 heavy (non-hydrogen) atoms. The van der Waals surface area contributed by atoms with E-state index in [1.165, 1.54) is 64.2 Å². The van der Waals surface area contributed by atoms with Crippen molar-refractivity contribution >= 4 is 5.91 Å². The quantitative estimate of drug-likeness (QED) is 0.452. The summed E-state index contributed by atoms with van der Waals surface area (Å²) in [7, 11) is 0. The molecule has 0 aromatic carbocycles. The number of unbranched alkanes of at least 4 members (excludes halogenated alkanes) is 9. The van der Waals surface area contributed by atoms with Gasteiger partial charge < -0.3 is 4.90 Å². The predicted octanol–water partition coefficient (Wildman–Crippen LogP) is 5.17. The van der Waals surface area contributed by atoms with Crippen LogP contribution in [0, 0.1) is 5.92 Å². The molecule has 1 aliphatic heterocycles. The number of hydrogen-bond acceptors (Lipinski definition) is 1. The van der Waals surface area contributed by atoms with Crippen LogP contribution in [0.15, 0.2) is 0 Å². The number of amides is 1. The third-order valence-corrected chi connectivity index (χ3v) is 4.68. The largest absolute Gasteiger partial charge is 0.342 e. The van der Waals surface area contributed by atoms with Crippen LogP contribution in [0.2, 0.25) is 0 Å². The molecule has 0 N–H and O–H groups in total. The first kappa shape index (κ1) is 17.5. The fourth-order valence-corrected chi connectivity index (χ4v) is 3.19. The molecule has 2 nitrogen and oxygen atoms in total. The highest BCUT2D eigenvalue weighted by molar-refractivity contribution is 5.80. The minimum absolute atomic E-state index is 0.332. The van der Waals surface area contributed by atoms with Crippen LogP contribution in [0.3, 0.4) is 0 Å². The van der Waals surface area contributed by atoms with Crippen molar-refractivity contribution < 1.29 is 4.79 Å². The molecule has 0 aromatic rings. The normalized spacial score (nSPS) is 19.0. The Morgan fingerprint density at radius 3 is 1.95 bits per heavy atom. The fourth-order valence-electron chi connectivity index (χ4n) is 3.19. The number of likely N-dealkylation sites (tertiary alicyclic amines) is 1. The maximum atomic E-state index is 12.0. The number of nitrogens with zero attached hydrogens (tertiary/aromatic N) is 1. The van der Waals surface area contributed by atoms with Crippen molar-refractivity contribution in [2.75, 3.05) is 13.1 Å². The molecular formula is C18H35NO. The van der Waals surface area contributed by atoms with Gasteiger partial charge in [-0.3, -0.25) is 4.79 Å². The lowest BCUT2D eigenvalue weighted by Gasteiger charge is -2.16. The van der Waals surface area contributed by atoms with Crippen LogP contribution in [0.4, 0.5) is 0 Å². The van der Waals surface area contributed by atoms with Crippen molar-refractivity contribution in [1.82, 2.24) is 4.90 Å². The zero-order valence-electron chi connectivity index (χ0n) is 13.8. The zero-order valence-corrected chi connectivity index (χ0v) is 13.8. The van der Waals surface area contributed by atoms with Gasteiger partial charge in [-0.2, -0.15) is 0 Å². The van der Waals surface area contributed by atoms with Gasteiger partial charge in [0.1, 0.15) is 0 Å². The fraction of sp³-hybridized carbons (Fsp3) is 0.944. The molecule has 0 radical (unpaired) electrons. The summed E-state index contributed by atoms with van der Waals surface area (Å²) in [6, 6.07) is 0. The Morgan fingerprint density at radius 1 is 0.900 bits per heavy atom. The molecule has 1 saturated heterocycles. The van der Waals surface area contributed by atoms with Crippen LogP contribution in [-0.4, -0.2) is 23.9 Å². The smallest absolute Gasteiger partial charge is 0.225 e. The number of carbonyl (C=O) groups is 1. The van der Waals surface area contributed by atoms with Gasteiger partial charge in [-0.25, -0.2) is 0 Å². The van der Waals surface area contributed by atoms with Gasteiger partial charge in [0.05, 0.1) is 0 Å². The predicted molar refractivity (Wildman–Crippen MR) is 86.8 cm³/mol. The summed E-state index contributed by atoms with van der Waals surface area (Å²) in [5.41, 5.74) is 0. The summed E-state index contributed by atoms with van der Waals surface area (Å²) in [5, 5.41) is 0. The van der Waals surface area contributed by atoms with Crippen LogP contribution in [0.5, 0.6) is 0 Å². The van der Waals surface area contributed by atoms with E-state index in [1.54, 1.807) is 0 Å². The van der Waals surface area contributed by atoms with Crippen molar-refractivity contribution in [3.8, 4) is 0 Å². The van der Waals surface area contributed by atoms with E-state index in [2.05, 4.69) is 18.7 Å². The maximum absolute atomic E-state index is 12.0.